The number of anilines is 1. The minimum Gasteiger partial charge on any atom is -0.445 e. The van der Waals surface area contributed by atoms with Gasteiger partial charge >= 0.3 is 6.09 Å². The van der Waals surface area contributed by atoms with Gasteiger partial charge in [-0.2, -0.15) is 0 Å². The van der Waals surface area contributed by atoms with Gasteiger partial charge in [0.1, 0.15) is 12.6 Å². The molecule has 0 spiro atoms. The Labute approximate surface area is 173 Å². The number of aryl methyl sites for hydroxylation is 1. The summed E-state index contributed by atoms with van der Waals surface area (Å²) in [4.78, 5) is 31.6. The monoisotopic (exact) mass is 407 g/mol. The van der Waals surface area contributed by atoms with E-state index in [-0.39, 0.29) is 12.5 Å². The number of thiazole rings is 1. The lowest BCUT2D eigenvalue weighted by molar-refractivity contribution is -0.121. The molecule has 1 atom stereocenters. The summed E-state index contributed by atoms with van der Waals surface area (Å²) in [6.07, 6.45) is -0.0638. The fourth-order valence-electron chi connectivity index (χ4n) is 3.35. The fourth-order valence-corrected chi connectivity index (χ4v) is 4.04. The first-order valence-corrected chi connectivity index (χ1v) is 10.3. The van der Waals surface area contributed by atoms with E-state index in [1.54, 1.807) is 0 Å². The lowest BCUT2D eigenvalue weighted by Crippen LogP contribution is -2.50. The van der Waals surface area contributed by atoms with Crippen LogP contribution in [0.15, 0.2) is 60.0 Å². The Kier molecular flexibility index (Phi) is 5.57. The Morgan fingerprint density at radius 1 is 1.14 bits per heavy atom. The van der Waals surface area contributed by atoms with E-state index in [1.807, 2.05) is 66.9 Å². The van der Waals surface area contributed by atoms with Crippen LogP contribution in [0.25, 0.3) is 0 Å². The van der Waals surface area contributed by atoms with E-state index in [0.717, 1.165) is 22.4 Å². The molecule has 7 heteroatoms. The van der Waals surface area contributed by atoms with E-state index >= 15 is 0 Å². The number of aromatic nitrogens is 1. The number of amides is 2. The Bertz CT molecular complexity index is 1020. The number of hydrogen-bond acceptors (Lipinski definition) is 5. The van der Waals surface area contributed by atoms with Gasteiger partial charge in [-0.3, -0.25) is 9.69 Å². The van der Waals surface area contributed by atoms with Crippen LogP contribution in [0.5, 0.6) is 0 Å². The summed E-state index contributed by atoms with van der Waals surface area (Å²) in [5.74, 6) is -0.259. The summed E-state index contributed by atoms with van der Waals surface area (Å²) < 4.78 is 5.51. The number of fused-ring (bicyclic) bond motifs is 1. The second-order valence-electron chi connectivity index (χ2n) is 6.94. The molecule has 0 unspecified atom stereocenters. The van der Waals surface area contributed by atoms with Crippen molar-refractivity contribution in [1.82, 2.24) is 9.88 Å². The van der Waals surface area contributed by atoms with Gasteiger partial charge in [0.25, 0.3) is 0 Å². The maximum Gasteiger partial charge on any atom is 0.411 e. The normalized spacial score (nSPS) is 15.5. The van der Waals surface area contributed by atoms with Crippen molar-refractivity contribution in [2.75, 3.05) is 5.32 Å². The highest BCUT2D eigenvalue weighted by Gasteiger charge is 2.35. The molecule has 0 saturated heterocycles. The van der Waals surface area contributed by atoms with E-state index < -0.39 is 12.1 Å². The average Bonchev–Trinajstić information content (AvgIpc) is 3.16. The minimum atomic E-state index is -0.655. The van der Waals surface area contributed by atoms with Crippen LogP contribution in [-0.2, 0) is 29.1 Å². The van der Waals surface area contributed by atoms with Crippen LogP contribution in [0.4, 0.5) is 9.93 Å². The highest BCUT2D eigenvalue weighted by Crippen LogP contribution is 2.26. The number of ether oxygens (including phenoxy) is 1. The van der Waals surface area contributed by atoms with E-state index in [1.165, 1.54) is 16.2 Å². The highest BCUT2D eigenvalue weighted by atomic mass is 32.1. The molecule has 4 rings (SSSR count). The van der Waals surface area contributed by atoms with E-state index in [4.69, 9.17) is 4.74 Å². The van der Waals surface area contributed by atoms with Crippen LogP contribution in [0.3, 0.4) is 0 Å². The van der Waals surface area contributed by atoms with Gasteiger partial charge in [0.2, 0.25) is 5.91 Å². The van der Waals surface area contributed by atoms with E-state index in [2.05, 4.69) is 10.3 Å². The third-order valence-electron chi connectivity index (χ3n) is 4.84. The lowest BCUT2D eigenvalue weighted by Gasteiger charge is -2.35. The Balaban J connectivity index is 1.52. The number of carbonyl (C=O) groups is 2. The SMILES string of the molecule is Cc1csc(NC(=O)[C@H]2Cc3ccccc3CN2C(=O)OCc2ccccc2)n1. The molecule has 1 aliphatic heterocycles. The molecule has 0 aliphatic carbocycles. The molecule has 6 nitrogen and oxygen atoms in total. The van der Waals surface area contributed by atoms with Crippen LogP contribution in [0.1, 0.15) is 22.4 Å². The second-order valence-corrected chi connectivity index (χ2v) is 7.80. The molecule has 1 aliphatic rings. The number of benzene rings is 2. The van der Waals surface area contributed by atoms with E-state index in [0.29, 0.717) is 18.1 Å². The molecule has 1 N–H and O–H groups in total. The molecule has 2 aromatic carbocycles. The Morgan fingerprint density at radius 2 is 1.86 bits per heavy atom. The van der Waals surface area contributed by atoms with Gasteiger partial charge < -0.3 is 10.1 Å². The van der Waals surface area contributed by atoms with Crippen LogP contribution < -0.4 is 5.32 Å². The fraction of sp³-hybridized carbons (Fsp3) is 0.227. The Morgan fingerprint density at radius 3 is 2.59 bits per heavy atom. The van der Waals surface area contributed by atoms with Gasteiger partial charge in [0.05, 0.1) is 12.2 Å². The average molecular weight is 407 g/mol. The summed E-state index contributed by atoms with van der Waals surface area (Å²) in [5.41, 5.74) is 3.84. The third kappa shape index (κ3) is 4.46. The number of nitrogens with zero attached hydrogens (tertiary/aromatic N) is 2. The van der Waals surface area contributed by atoms with Crippen LogP contribution in [-0.4, -0.2) is 27.9 Å². The van der Waals surface area contributed by atoms with Gasteiger partial charge in [-0.25, -0.2) is 9.78 Å². The van der Waals surface area contributed by atoms with Crippen molar-refractivity contribution >= 4 is 28.5 Å². The number of nitrogens with one attached hydrogen (secondary N) is 1. The first-order valence-electron chi connectivity index (χ1n) is 9.37. The van der Waals surface area contributed by atoms with Crippen LogP contribution in [0.2, 0.25) is 0 Å². The zero-order valence-corrected chi connectivity index (χ0v) is 16.8. The first-order chi connectivity index (χ1) is 14.1. The molecular weight excluding hydrogens is 386 g/mol. The minimum absolute atomic E-state index is 0.165. The molecule has 2 heterocycles. The van der Waals surface area contributed by atoms with Gasteiger partial charge in [-0.15, -0.1) is 11.3 Å². The van der Waals surface area contributed by atoms with Crippen molar-refractivity contribution in [3.05, 3.63) is 82.4 Å². The maximum atomic E-state index is 13.0. The molecule has 0 saturated carbocycles. The summed E-state index contributed by atoms with van der Waals surface area (Å²) >= 11 is 1.37. The largest absolute Gasteiger partial charge is 0.445 e. The van der Waals surface area contributed by atoms with Crippen molar-refractivity contribution in [1.29, 1.82) is 0 Å². The van der Waals surface area contributed by atoms with Crippen molar-refractivity contribution in [3.8, 4) is 0 Å². The van der Waals surface area contributed by atoms with Gasteiger partial charge in [-0.1, -0.05) is 54.6 Å². The highest BCUT2D eigenvalue weighted by molar-refractivity contribution is 7.13. The predicted molar refractivity (Wildman–Crippen MR) is 112 cm³/mol. The van der Waals surface area contributed by atoms with Gasteiger partial charge in [0.15, 0.2) is 5.13 Å². The van der Waals surface area contributed by atoms with Crippen molar-refractivity contribution in [3.63, 3.8) is 0 Å². The van der Waals surface area contributed by atoms with Crippen molar-refractivity contribution < 1.29 is 14.3 Å². The third-order valence-corrected chi connectivity index (χ3v) is 5.72. The number of carbonyl (C=O) groups excluding carboxylic acids is 2. The standard InChI is InChI=1S/C22H21N3O3S/c1-15-14-29-21(23-15)24-20(26)19-11-17-9-5-6-10-18(17)12-25(19)22(27)28-13-16-7-3-2-4-8-16/h2-10,14,19H,11-13H2,1H3,(H,23,24,26)/t19-/m1/s1. The number of rotatable bonds is 4. The number of hydrogen-bond donors (Lipinski definition) is 1. The summed E-state index contributed by atoms with van der Waals surface area (Å²) in [5, 5.41) is 5.25. The zero-order valence-electron chi connectivity index (χ0n) is 16.0. The summed E-state index contributed by atoms with van der Waals surface area (Å²) in [7, 11) is 0. The molecule has 3 aromatic rings. The van der Waals surface area contributed by atoms with Crippen LogP contribution >= 0.6 is 11.3 Å². The topological polar surface area (TPSA) is 71.5 Å². The predicted octanol–water partition coefficient (Wildman–Crippen LogP) is 4.15. The lowest BCUT2D eigenvalue weighted by atomic mass is 9.94. The molecule has 2 amide bonds. The molecule has 0 fully saturated rings. The summed E-state index contributed by atoms with van der Waals surface area (Å²) in [6.45, 7) is 2.37. The molecule has 0 radical (unpaired) electrons. The molecule has 1 aromatic heterocycles. The summed E-state index contributed by atoms with van der Waals surface area (Å²) in [6, 6.07) is 16.7. The second kappa shape index (κ2) is 8.45. The van der Waals surface area contributed by atoms with Crippen molar-refractivity contribution in [2.45, 2.75) is 32.5 Å². The zero-order chi connectivity index (χ0) is 20.2. The quantitative estimate of drug-likeness (QED) is 0.705. The van der Waals surface area contributed by atoms with Gasteiger partial charge in [0, 0.05) is 11.8 Å². The van der Waals surface area contributed by atoms with Crippen LogP contribution in [0, 0.1) is 6.92 Å². The first kappa shape index (κ1) is 19.1. The van der Waals surface area contributed by atoms with Crippen molar-refractivity contribution in [2.24, 2.45) is 0 Å². The molecule has 0 bridgehead atoms. The van der Waals surface area contributed by atoms with Gasteiger partial charge in [-0.05, 0) is 23.6 Å². The molecule has 148 valence electrons. The maximum absolute atomic E-state index is 13.0. The smallest absolute Gasteiger partial charge is 0.411 e. The Hall–Kier alpha value is -3.19. The van der Waals surface area contributed by atoms with E-state index in [9.17, 15) is 9.59 Å². The molecule has 29 heavy (non-hydrogen) atoms. The molecular formula is C22H21N3O3S.